The SMILES string of the molecule is O=C(O)[C@H](c1cccnc1C1CC1C1CNc2nc(CCCCO[C@@H]3CCN([C@@H](C(=O)O)c4cccnc4C4CC4)C3)ccc2C1)N1CC[C@](F)(CCCCCc2ccc3c(n2)NC(C2CC2c2ncccc2[C@H](C(=O)O)N2CC[C@](F)(CCCCCc4ccc5c(n4)NCCC5)C2)CC3)C1. The summed E-state index contributed by atoms with van der Waals surface area (Å²) in [6, 6.07) is 21.6. The number of hydrogen-bond donors (Lipinski definition) is 6. The zero-order chi connectivity index (χ0) is 69.2. The third kappa shape index (κ3) is 16.0. The molecule has 0 spiro atoms. The molecule has 6 aliphatic heterocycles. The summed E-state index contributed by atoms with van der Waals surface area (Å²) in [4.78, 5) is 73.9. The van der Waals surface area contributed by atoms with Crippen molar-refractivity contribution in [1.82, 2.24) is 44.6 Å². The number of rotatable bonds is 32. The van der Waals surface area contributed by atoms with Gasteiger partial charge in [-0.2, -0.15) is 0 Å². The van der Waals surface area contributed by atoms with Crippen molar-refractivity contribution in [2.45, 2.75) is 220 Å². The fourth-order valence-electron chi connectivity index (χ4n) is 18.2. The normalized spacial score (nSPS) is 27.1. The molecule has 0 aromatic carbocycles. The molecule has 3 aliphatic carbocycles. The number of unbranched alkanes of at least 4 members (excludes halogenated alkanes) is 5. The Labute approximate surface area is 591 Å². The van der Waals surface area contributed by atoms with Gasteiger partial charge in [-0.1, -0.05) is 62.1 Å². The second-order valence-corrected chi connectivity index (χ2v) is 31.1. The molecule has 536 valence electrons. The van der Waals surface area contributed by atoms with Crippen molar-refractivity contribution in [1.29, 1.82) is 0 Å². The van der Waals surface area contributed by atoms with Crippen LogP contribution in [0.2, 0.25) is 0 Å². The Kier molecular flexibility index (Phi) is 20.8. The second-order valence-electron chi connectivity index (χ2n) is 31.1. The lowest BCUT2D eigenvalue weighted by Crippen LogP contribution is -2.36. The number of carbonyl (C=O) groups is 3. The summed E-state index contributed by atoms with van der Waals surface area (Å²) in [7, 11) is 0. The minimum atomic E-state index is -1.49. The Bertz CT molecular complexity index is 3960. The summed E-state index contributed by atoms with van der Waals surface area (Å²) in [6.45, 7) is 4.54. The quantitative estimate of drug-likeness (QED) is 0.0215. The van der Waals surface area contributed by atoms with E-state index in [0.717, 1.165) is 199 Å². The first-order chi connectivity index (χ1) is 49.2. The highest BCUT2D eigenvalue weighted by Crippen LogP contribution is 2.56. The fraction of sp³-hybridized carbons (Fsp3) is 0.588. The molecule has 6 aromatic heterocycles. The summed E-state index contributed by atoms with van der Waals surface area (Å²) in [6.07, 6.45) is 25.6. The Hall–Kier alpha value is -7.59. The van der Waals surface area contributed by atoms with Crippen LogP contribution < -0.4 is 16.0 Å². The lowest BCUT2D eigenvalue weighted by molar-refractivity contribution is -0.144. The molecule has 6 aromatic rings. The third-order valence-corrected chi connectivity index (χ3v) is 24.0. The van der Waals surface area contributed by atoms with E-state index in [1.54, 1.807) is 18.6 Å². The summed E-state index contributed by atoms with van der Waals surface area (Å²) >= 11 is 0. The number of aromatic nitrogens is 6. The molecule has 0 radical (unpaired) electrons. The highest BCUT2D eigenvalue weighted by Gasteiger charge is 2.52. The van der Waals surface area contributed by atoms with E-state index in [4.69, 9.17) is 29.7 Å². The number of halogens is 2. The lowest BCUT2D eigenvalue weighted by atomic mass is 9.89. The van der Waals surface area contributed by atoms with Gasteiger partial charge < -0.3 is 36.0 Å². The van der Waals surface area contributed by atoms with Gasteiger partial charge in [0.15, 0.2) is 0 Å². The number of pyridine rings is 6. The van der Waals surface area contributed by atoms with Crippen molar-refractivity contribution in [2.75, 3.05) is 74.9 Å². The summed E-state index contributed by atoms with van der Waals surface area (Å²) in [5.74, 6) is 1.59. The van der Waals surface area contributed by atoms with Gasteiger partial charge in [0.2, 0.25) is 0 Å². The van der Waals surface area contributed by atoms with Crippen LogP contribution in [0.4, 0.5) is 26.2 Å². The van der Waals surface area contributed by atoms with Gasteiger partial charge in [0.25, 0.3) is 0 Å². The first kappa shape index (κ1) is 69.1. The van der Waals surface area contributed by atoms with Crippen molar-refractivity contribution in [3.05, 3.63) is 159 Å². The molecule has 3 saturated carbocycles. The van der Waals surface area contributed by atoms with Gasteiger partial charge in [-0.15, -0.1) is 0 Å². The molecule has 0 bridgehead atoms. The molecule has 21 heteroatoms. The maximum Gasteiger partial charge on any atom is 0.325 e. The number of ether oxygens (including phenoxy) is 1. The third-order valence-electron chi connectivity index (χ3n) is 24.0. The number of nitrogens with one attached hydrogen (secondary N) is 3. The Morgan fingerprint density at radius 2 is 1.08 bits per heavy atom. The number of carboxylic acid groups (broad SMARTS) is 3. The van der Waals surface area contributed by atoms with Crippen LogP contribution in [0.25, 0.3) is 0 Å². The Balaban J connectivity index is 0.478. The summed E-state index contributed by atoms with van der Waals surface area (Å²) in [5.41, 5.74) is 8.56. The van der Waals surface area contributed by atoms with Gasteiger partial charge in [0, 0.05) is 152 Å². The van der Waals surface area contributed by atoms with E-state index in [2.05, 4.69) is 57.3 Å². The fourth-order valence-corrected chi connectivity index (χ4v) is 18.2. The number of aryl methyl sites for hydroxylation is 5. The van der Waals surface area contributed by atoms with Gasteiger partial charge in [-0.05, 0) is 206 Å². The van der Waals surface area contributed by atoms with Crippen molar-refractivity contribution in [3.63, 3.8) is 0 Å². The van der Waals surface area contributed by atoms with Crippen molar-refractivity contribution >= 4 is 35.4 Å². The Morgan fingerprint density at radius 1 is 0.554 bits per heavy atom. The maximum atomic E-state index is 16.8. The van der Waals surface area contributed by atoms with Crippen LogP contribution in [-0.2, 0) is 57.6 Å². The molecule has 101 heavy (non-hydrogen) atoms. The van der Waals surface area contributed by atoms with Gasteiger partial charge in [-0.25, -0.2) is 23.7 Å². The summed E-state index contributed by atoms with van der Waals surface area (Å²) in [5, 5.41) is 42.7. The molecule has 19 nitrogen and oxygen atoms in total. The van der Waals surface area contributed by atoms with Crippen LogP contribution in [0.5, 0.6) is 0 Å². The molecule has 6 fully saturated rings. The first-order valence-electron chi connectivity index (χ1n) is 38.2. The molecule has 6 N–H and O–H groups in total. The van der Waals surface area contributed by atoms with Crippen molar-refractivity contribution < 1.29 is 43.2 Å². The number of likely N-dealkylation sites (tertiary alicyclic amines) is 3. The zero-order valence-corrected chi connectivity index (χ0v) is 58.3. The van der Waals surface area contributed by atoms with Crippen LogP contribution in [0.1, 0.15) is 225 Å². The first-order valence-corrected chi connectivity index (χ1v) is 38.2. The van der Waals surface area contributed by atoms with Crippen LogP contribution in [-0.4, -0.2) is 160 Å². The standard InChI is InChI=1S/C80H100F2N12O7/c81-79(32-7-2-4-15-57-27-23-52-25-29-66(91-75(52)90-57)63-45-65(63)69-61(19-12-37-85-69)72(78(99)100)94-41-34-80(82,49-94)31-6-1-3-14-55-26-22-51-13-9-38-86-73(51)88-55)33-40-93(48-79)71(77(97)98)60-18-11-36-84-68(60)64-44-62(64)54-43-53-24-28-56(89-74(53)87-46-54)16-5-8-42-101-58-30-39-92(47-58)70(76(95)96)59-17-10-35-83-67(59)50-20-21-50/h10-12,17-19,22-24,26-28,35-37,50,54,58,62-66,70-72H,1-9,13-16,20-21,25,29-34,38-49H2,(H,86,88)(H,87,89)(H,90,91)(H,95,96)(H,97,98)(H,99,100)/t54?,58-,62?,63?,64?,65?,66?,70-,71+,72-,79-,80-/m1/s1. The number of aliphatic carboxylic acids is 3. The predicted octanol–water partition coefficient (Wildman–Crippen LogP) is 13.1. The molecular weight excluding hydrogens is 1280 g/mol. The molecule has 9 aliphatic rings. The largest absolute Gasteiger partial charge is 0.480 e. The monoisotopic (exact) mass is 1380 g/mol. The summed E-state index contributed by atoms with van der Waals surface area (Å²) < 4.78 is 39.6. The molecular formula is C80H100F2N12O7. The second kappa shape index (κ2) is 30.4. The highest BCUT2D eigenvalue weighted by molar-refractivity contribution is 5.77. The van der Waals surface area contributed by atoms with Gasteiger partial charge >= 0.3 is 17.9 Å². The zero-order valence-electron chi connectivity index (χ0n) is 58.3. The van der Waals surface area contributed by atoms with E-state index >= 15 is 8.78 Å². The maximum absolute atomic E-state index is 16.8. The number of anilines is 3. The van der Waals surface area contributed by atoms with Crippen LogP contribution >= 0.6 is 0 Å². The average Bonchev–Trinajstić information content (AvgIpc) is 1.61. The molecule has 15 rings (SSSR count). The van der Waals surface area contributed by atoms with Crippen molar-refractivity contribution in [2.24, 2.45) is 17.8 Å². The lowest BCUT2D eigenvalue weighted by Gasteiger charge is -2.29. The van der Waals surface area contributed by atoms with Gasteiger partial charge in [0.05, 0.1) is 6.10 Å². The smallest absolute Gasteiger partial charge is 0.325 e. The topological polar surface area (TPSA) is 244 Å². The number of hydrogen-bond acceptors (Lipinski definition) is 16. The average molecular weight is 1380 g/mol. The number of fused-ring (bicyclic) bond motifs is 3. The van der Waals surface area contributed by atoms with Crippen LogP contribution in [0, 0.1) is 17.8 Å². The van der Waals surface area contributed by atoms with Crippen molar-refractivity contribution in [3.8, 4) is 0 Å². The van der Waals surface area contributed by atoms with Crippen LogP contribution in [0.3, 0.4) is 0 Å². The molecule has 0 amide bonds. The van der Waals surface area contributed by atoms with E-state index in [1.165, 1.54) is 16.7 Å². The van der Waals surface area contributed by atoms with Crippen LogP contribution in [0.15, 0.2) is 91.4 Å². The minimum Gasteiger partial charge on any atom is -0.480 e. The van der Waals surface area contributed by atoms with E-state index < -0.39 is 47.4 Å². The highest BCUT2D eigenvalue weighted by atomic mass is 19.1. The molecule has 3 saturated heterocycles. The minimum absolute atomic E-state index is 0.00395. The predicted molar refractivity (Wildman–Crippen MR) is 382 cm³/mol. The van der Waals surface area contributed by atoms with E-state index in [0.29, 0.717) is 87.3 Å². The number of carboxylic acids is 3. The van der Waals surface area contributed by atoms with E-state index in [9.17, 15) is 29.7 Å². The van der Waals surface area contributed by atoms with E-state index in [-0.39, 0.29) is 49.4 Å². The van der Waals surface area contributed by atoms with Gasteiger partial charge in [-0.3, -0.25) is 44.0 Å². The Morgan fingerprint density at radius 3 is 1.68 bits per heavy atom. The molecule has 12 heterocycles. The molecule has 12 atom stereocenters. The van der Waals surface area contributed by atoms with Gasteiger partial charge in [0.1, 0.15) is 46.9 Å². The van der Waals surface area contributed by atoms with E-state index in [1.807, 2.05) is 51.1 Å². The number of nitrogens with zero attached hydrogens (tertiary/aromatic N) is 9. The number of alkyl halides is 2. The molecule has 6 unspecified atom stereocenters.